The van der Waals surface area contributed by atoms with Gasteiger partial charge in [-0.05, 0) is 31.0 Å². The van der Waals surface area contributed by atoms with Crippen LogP contribution in [0.4, 0.5) is 15.9 Å². The Labute approximate surface area is 209 Å². The number of rotatable bonds is 8. The van der Waals surface area contributed by atoms with Gasteiger partial charge in [-0.3, -0.25) is 4.90 Å². The van der Waals surface area contributed by atoms with Crippen LogP contribution in [-0.2, 0) is 16.4 Å². The van der Waals surface area contributed by atoms with Crippen molar-refractivity contribution in [3.63, 3.8) is 0 Å². The largest absolute Gasteiger partial charge is 0.474 e. The molecule has 0 bridgehead atoms. The van der Waals surface area contributed by atoms with Gasteiger partial charge in [0.1, 0.15) is 24.1 Å². The summed E-state index contributed by atoms with van der Waals surface area (Å²) in [6.07, 6.45) is 3.95. The quantitative estimate of drug-likeness (QED) is 0.464. The van der Waals surface area contributed by atoms with Crippen molar-refractivity contribution in [2.45, 2.75) is 50.2 Å². The van der Waals surface area contributed by atoms with Crippen LogP contribution in [0.1, 0.15) is 44.3 Å². The molecule has 0 aliphatic carbocycles. The summed E-state index contributed by atoms with van der Waals surface area (Å²) >= 11 is 0. The molecule has 1 fully saturated rings. The van der Waals surface area contributed by atoms with Crippen LogP contribution < -0.4 is 10.1 Å². The van der Waals surface area contributed by atoms with E-state index in [1.165, 1.54) is 18.5 Å². The number of aromatic nitrogens is 4. The molecule has 0 saturated carbocycles. The summed E-state index contributed by atoms with van der Waals surface area (Å²) in [6, 6.07) is 5.26. The fourth-order valence-corrected chi connectivity index (χ4v) is 4.18. The Bertz CT molecular complexity index is 1250. The average Bonchev–Trinajstić information content (AvgIpc) is 3.25. The lowest BCUT2D eigenvalue weighted by Gasteiger charge is -2.30. The average molecular weight is 527 g/mol. The molecule has 2 aromatic heterocycles. The molecule has 1 N–H and O–H groups in total. The first-order valence-electron chi connectivity index (χ1n) is 11.0. The lowest BCUT2D eigenvalue weighted by Crippen LogP contribution is -2.38. The zero-order chi connectivity index (χ0) is 24.3. The van der Waals surface area contributed by atoms with Crippen molar-refractivity contribution >= 4 is 33.7 Å². The molecule has 3 aromatic rings. The maximum Gasteiger partial charge on any atom is 0.240 e. The summed E-state index contributed by atoms with van der Waals surface area (Å²) in [5.74, 6) is 1.58. The van der Waals surface area contributed by atoms with Crippen molar-refractivity contribution in [3.8, 4) is 5.88 Å². The number of benzene rings is 1. The van der Waals surface area contributed by atoms with Crippen LogP contribution in [0.2, 0.25) is 0 Å². The van der Waals surface area contributed by atoms with Crippen molar-refractivity contribution in [2.75, 3.05) is 24.7 Å². The zero-order valence-corrected chi connectivity index (χ0v) is 21.3. The topological polar surface area (TPSA) is 123 Å². The smallest absolute Gasteiger partial charge is 0.240 e. The predicted molar refractivity (Wildman–Crippen MR) is 129 cm³/mol. The summed E-state index contributed by atoms with van der Waals surface area (Å²) in [4.78, 5) is 14.8. The van der Waals surface area contributed by atoms with Gasteiger partial charge in [0.15, 0.2) is 15.7 Å². The van der Waals surface area contributed by atoms with Crippen LogP contribution in [0.15, 0.2) is 40.0 Å². The highest BCUT2D eigenvalue weighted by Crippen LogP contribution is 2.24. The Morgan fingerprint density at radius 3 is 2.60 bits per heavy atom. The monoisotopic (exact) mass is 526 g/mol. The van der Waals surface area contributed by atoms with E-state index in [1.54, 1.807) is 6.07 Å². The fraction of sp³-hybridized carbons (Fsp3) is 0.455. The number of piperidine rings is 1. The minimum atomic E-state index is -3.49. The second-order valence-electron chi connectivity index (χ2n) is 8.57. The van der Waals surface area contributed by atoms with Crippen LogP contribution >= 0.6 is 12.4 Å². The highest BCUT2D eigenvalue weighted by atomic mass is 35.5. The lowest BCUT2D eigenvalue weighted by atomic mass is 10.1. The first-order valence-corrected chi connectivity index (χ1v) is 12.9. The van der Waals surface area contributed by atoms with Crippen molar-refractivity contribution in [1.82, 2.24) is 25.0 Å². The first kappa shape index (κ1) is 26.8. The highest BCUT2D eigenvalue weighted by molar-refractivity contribution is 7.90. The minimum Gasteiger partial charge on any atom is -0.474 e. The van der Waals surface area contributed by atoms with Crippen LogP contribution in [0.3, 0.4) is 0 Å². The molecule has 190 valence electrons. The van der Waals surface area contributed by atoms with Crippen LogP contribution in [-0.4, -0.2) is 58.9 Å². The second-order valence-corrected chi connectivity index (χ2v) is 10.6. The molecule has 1 aliphatic rings. The first-order chi connectivity index (χ1) is 16.2. The maximum absolute atomic E-state index is 14.4. The van der Waals surface area contributed by atoms with Gasteiger partial charge in [-0.1, -0.05) is 19.0 Å². The summed E-state index contributed by atoms with van der Waals surface area (Å²) in [7, 11) is -3.49. The molecule has 0 amide bonds. The van der Waals surface area contributed by atoms with Crippen molar-refractivity contribution in [1.29, 1.82) is 0 Å². The molecule has 10 nitrogen and oxygen atoms in total. The zero-order valence-electron chi connectivity index (χ0n) is 19.6. The number of hydrogen-bond acceptors (Lipinski definition) is 10. The highest BCUT2D eigenvalue weighted by Gasteiger charge is 2.23. The summed E-state index contributed by atoms with van der Waals surface area (Å²) < 4.78 is 48.9. The van der Waals surface area contributed by atoms with E-state index >= 15 is 0 Å². The Kier molecular flexibility index (Phi) is 8.62. The fourth-order valence-electron chi connectivity index (χ4n) is 3.55. The SMILES string of the molecule is CC(C)c1noc(CN2CCC(Oc3cc(Nc4ccc(S(C)(=O)=O)cc4F)ncn3)CC2)n1.Cl. The number of anilines is 2. The third-order valence-corrected chi connectivity index (χ3v) is 6.56. The van der Waals surface area contributed by atoms with Gasteiger partial charge >= 0.3 is 0 Å². The molecule has 0 radical (unpaired) electrons. The van der Waals surface area contributed by atoms with Gasteiger partial charge in [0.2, 0.25) is 11.8 Å². The molecule has 4 rings (SSSR count). The lowest BCUT2D eigenvalue weighted by molar-refractivity contribution is 0.0871. The van der Waals surface area contributed by atoms with Crippen molar-refractivity contribution in [2.24, 2.45) is 0 Å². The van der Waals surface area contributed by atoms with E-state index in [1.807, 2.05) is 13.8 Å². The molecule has 1 aliphatic heterocycles. The van der Waals surface area contributed by atoms with Crippen LogP contribution in [0, 0.1) is 5.82 Å². The minimum absolute atomic E-state index is 0. The number of halogens is 2. The molecule has 0 unspecified atom stereocenters. The molecule has 1 aromatic carbocycles. The standard InChI is InChI=1S/C22H27FN6O4S.ClH/c1-14(2)22-27-21(33-28-22)12-29-8-6-15(7-9-29)32-20-11-19(24-13-25-20)26-18-5-4-16(10-17(18)23)34(3,30)31;/h4-5,10-11,13-15H,6-9,12H2,1-3H3,(H,24,25,26);1H. The molecule has 3 heterocycles. The number of sulfone groups is 1. The van der Waals surface area contributed by atoms with E-state index in [4.69, 9.17) is 9.26 Å². The van der Waals surface area contributed by atoms with Gasteiger partial charge in [0, 0.05) is 31.3 Å². The number of likely N-dealkylation sites (tertiary alicyclic amines) is 1. The summed E-state index contributed by atoms with van der Waals surface area (Å²) in [5, 5.41) is 6.84. The second kappa shape index (κ2) is 11.3. The van der Waals surface area contributed by atoms with Crippen LogP contribution in [0.5, 0.6) is 5.88 Å². The van der Waals surface area contributed by atoms with Gasteiger partial charge in [0.25, 0.3) is 0 Å². The molecule has 35 heavy (non-hydrogen) atoms. The normalized spacial score (nSPS) is 15.1. The summed E-state index contributed by atoms with van der Waals surface area (Å²) in [6.45, 7) is 6.29. The van der Waals surface area contributed by atoms with Gasteiger partial charge in [-0.2, -0.15) is 4.98 Å². The van der Waals surface area contributed by atoms with Gasteiger partial charge in [-0.25, -0.2) is 22.8 Å². The van der Waals surface area contributed by atoms with Crippen molar-refractivity contribution in [3.05, 3.63) is 48.1 Å². The van der Waals surface area contributed by atoms with E-state index in [0.717, 1.165) is 38.3 Å². The molecular weight excluding hydrogens is 499 g/mol. The Balaban J connectivity index is 0.00000342. The predicted octanol–water partition coefficient (Wildman–Crippen LogP) is 3.73. The number of nitrogens with zero attached hydrogens (tertiary/aromatic N) is 5. The molecular formula is C22H28ClFN6O4S. The number of nitrogens with one attached hydrogen (secondary N) is 1. The van der Waals surface area contributed by atoms with E-state index in [2.05, 4.69) is 30.3 Å². The van der Waals surface area contributed by atoms with E-state index in [-0.39, 0.29) is 35.0 Å². The number of hydrogen-bond donors (Lipinski definition) is 1. The van der Waals surface area contributed by atoms with E-state index < -0.39 is 15.7 Å². The van der Waals surface area contributed by atoms with Crippen molar-refractivity contribution < 1.29 is 22.1 Å². The van der Waals surface area contributed by atoms with Gasteiger partial charge in [0.05, 0.1) is 17.1 Å². The molecule has 0 atom stereocenters. The maximum atomic E-state index is 14.4. The number of ether oxygens (including phenoxy) is 1. The Morgan fingerprint density at radius 1 is 1.23 bits per heavy atom. The molecule has 0 spiro atoms. The molecule has 13 heteroatoms. The third kappa shape index (κ3) is 7.09. The molecule has 1 saturated heterocycles. The Hall–Kier alpha value is -2.83. The summed E-state index contributed by atoms with van der Waals surface area (Å²) in [5.41, 5.74) is 0.104. The van der Waals surface area contributed by atoms with E-state index in [0.29, 0.717) is 30.0 Å². The van der Waals surface area contributed by atoms with Gasteiger partial charge in [-0.15, -0.1) is 12.4 Å². The third-order valence-electron chi connectivity index (χ3n) is 5.45. The van der Waals surface area contributed by atoms with Gasteiger partial charge < -0.3 is 14.6 Å². The Morgan fingerprint density at radius 2 is 1.97 bits per heavy atom. The van der Waals surface area contributed by atoms with E-state index in [9.17, 15) is 12.8 Å². The van der Waals surface area contributed by atoms with Crippen LogP contribution in [0.25, 0.3) is 0 Å².